The van der Waals surface area contributed by atoms with Gasteiger partial charge in [-0.3, -0.25) is 9.69 Å². The van der Waals surface area contributed by atoms with Crippen molar-refractivity contribution in [2.75, 3.05) is 4.90 Å². The van der Waals surface area contributed by atoms with Gasteiger partial charge in [0.1, 0.15) is 11.8 Å². The molecule has 4 nitrogen and oxygen atoms in total. The molecular weight excluding hydrogens is 284 g/mol. The van der Waals surface area contributed by atoms with E-state index in [2.05, 4.69) is 5.32 Å². The first-order valence-corrected chi connectivity index (χ1v) is 7.04. The highest BCUT2D eigenvalue weighted by Gasteiger charge is 2.36. The van der Waals surface area contributed by atoms with Gasteiger partial charge in [0, 0.05) is 6.42 Å². The highest BCUT2D eigenvalue weighted by molar-refractivity contribution is 7.80. The Bertz CT molecular complexity index is 688. The van der Waals surface area contributed by atoms with Crippen molar-refractivity contribution in [3.8, 4) is 5.75 Å². The first-order valence-electron chi connectivity index (χ1n) is 6.63. The summed E-state index contributed by atoms with van der Waals surface area (Å²) in [6.07, 6.45) is 0.398. The second kappa shape index (κ2) is 5.54. The lowest BCUT2D eigenvalue weighted by Crippen LogP contribution is -2.32. The van der Waals surface area contributed by atoms with Gasteiger partial charge in [-0.25, -0.2) is 0 Å². The largest absolute Gasteiger partial charge is 0.508 e. The zero-order valence-electron chi connectivity index (χ0n) is 11.2. The first-order chi connectivity index (χ1) is 10.2. The second-order valence-electron chi connectivity index (χ2n) is 4.84. The standard InChI is InChI=1S/C16H14N2O2S/c19-14-9-5-4-6-11(14)10-13-15(20)18(16(21)17-13)12-7-2-1-3-8-12/h1-9,13,19H,10H2,(H,17,21)/t13-/m1/s1. The number of benzene rings is 2. The lowest BCUT2D eigenvalue weighted by molar-refractivity contribution is -0.118. The third-order valence-corrected chi connectivity index (χ3v) is 3.75. The third kappa shape index (κ3) is 2.60. The summed E-state index contributed by atoms with van der Waals surface area (Å²) in [6.45, 7) is 0. The second-order valence-corrected chi connectivity index (χ2v) is 5.23. The number of nitrogens with one attached hydrogen (secondary N) is 1. The molecule has 1 aliphatic rings. The van der Waals surface area contributed by atoms with Crippen molar-refractivity contribution >= 4 is 28.9 Å². The van der Waals surface area contributed by atoms with Gasteiger partial charge in [-0.05, 0) is 36.0 Å². The lowest BCUT2D eigenvalue weighted by atomic mass is 10.0. The van der Waals surface area contributed by atoms with Gasteiger partial charge in [0.05, 0.1) is 5.69 Å². The molecule has 1 aliphatic heterocycles. The summed E-state index contributed by atoms with van der Waals surface area (Å²) >= 11 is 5.26. The molecule has 0 saturated carbocycles. The minimum atomic E-state index is -0.453. The van der Waals surface area contributed by atoms with E-state index in [-0.39, 0.29) is 11.7 Å². The number of hydrogen-bond acceptors (Lipinski definition) is 3. The fraction of sp³-hybridized carbons (Fsp3) is 0.125. The summed E-state index contributed by atoms with van der Waals surface area (Å²) in [5.74, 6) is 0.0885. The molecule has 0 bridgehead atoms. The number of phenolic OH excluding ortho intramolecular Hbond substituents is 1. The molecule has 5 heteroatoms. The Morgan fingerprint density at radius 2 is 1.76 bits per heavy atom. The number of aromatic hydroxyl groups is 1. The van der Waals surface area contributed by atoms with E-state index in [4.69, 9.17) is 12.2 Å². The molecule has 1 saturated heterocycles. The first kappa shape index (κ1) is 13.6. The number of carbonyl (C=O) groups excluding carboxylic acids is 1. The average molecular weight is 298 g/mol. The summed E-state index contributed by atoms with van der Waals surface area (Å²) in [4.78, 5) is 14.0. The molecule has 1 amide bonds. The molecule has 1 heterocycles. The molecule has 106 valence electrons. The molecule has 2 N–H and O–H groups in total. The van der Waals surface area contributed by atoms with Crippen LogP contribution in [0.4, 0.5) is 5.69 Å². The predicted molar refractivity (Wildman–Crippen MR) is 85.3 cm³/mol. The number of carbonyl (C=O) groups is 1. The van der Waals surface area contributed by atoms with E-state index in [1.54, 1.807) is 18.2 Å². The van der Waals surface area contributed by atoms with Crippen LogP contribution in [0.25, 0.3) is 0 Å². The van der Waals surface area contributed by atoms with E-state index in [1.807, 2.05) is 36.4 Å². The fourth-order valence-corrected chi connectivity index (χ4v) is 2.73. The van der Waals surface area contributed by atoms with Crippen LogP contribution in [0.5, 0.6) is 5.75 Å². The minimum Gasteiger partial charge on any atom is -0.508 e. The SMILES string of the molecule is O=C1[C@@H](Cc2ccccc2O)NC(=S)N1c1ccccc1. The van der Waals surface area contributed by atoms with Crippen LogP contribution in [0.1, 0.15) is 5.56 Å². The van der Waals surface area contributed by atoms with Gasteiger partial charge in [0.15, 0.2) is 5.11 Å². The van der Waals surface area contributed by atoms with Crippen molar-refractivity contribution in [2.45, 2.75) is 12.5 Å². The van der Waals surface area contributed by atoms with Crippen molar-refractivity contribution in [1.29, 1.82) is 0 Å². The number of anilines is 1. The number of thiocarbonyl (C=S) groups is 1. The summed E-state index contributed by atoms with van der Waals surface area (Å²) < 4.78 is 0. The zero-order valence-corrected chi connectivity index (χ0v) is 12.0. The Kier molecular flexibility index (Phi) is 3.58. The van der Waals surface area contributed by atoms with Gasteiger partial charge in [0.25, 0.3) is 5.91 Å². The van der Waals surface area contributed by atoms with Crippen molar-refractivity contribution < 1.29 is 9.90 Å². The lowest BCUT2D eigenvalue weighted by Gasteiger charge is -2.14. The van der Waals surface area contributed by atoms with Crippen LogP contribution < -0.4 is 10.2 Å². The molecular formula is C16H14N2O2S. The van der Waals surface area contributed by atoms with Gasteiger partial charge in [0.2, 0.25) is 0 Å². The van der Waals surface area contributed by atoms with E-state index >= 15 is 0 Å². The highest BCUT2D eigenvalue weighted by Crippen LogP contribution is 2.23. The number of nitrogens with zero attached hydrogens (tertiary/aromatic N) is 1. The van der Waals surface area contributed by atoms with Crippen molar-refractivity contribution in [3.63, 3.8) is 0 Å². The summed E-state index contributed by atoms with van der Waals surface area (Å²) in [7, 11) is 0. The third-order valence-electron chi connectivity index (χ3n) is 3.45. The maximum absolute atomic E-state index is 12.5. The summed E-state index contributed by atoms with van der Waals surface area (Å²) in [5, 5.41) is 13.2. The zero-order chi connectivity index (χ0) is 14.8. The number of hydrogen-bond donors (Lipinski definition) is 2. The van der Waals surface area contributed by atoms with Crippen LogP contribution in [-0.2, 0) is 11.2 Å². The van der Waals surface area contributed by atoms with Gasteiger partial charge >= 0.3 is 0 Å². The monoisotopic (exact) mass is 298 g/mol. The Labute approximate surface area is 128 Å². The molecule has 0 aliphatic carbocycles. The van der Waals surface area contributed by atoms with Crippen LogP contribution in [0.3, 0.4) is 0 Å². The molecule has 3 rings (SSSR count). The smallest absolute Gasteiger partial charge is 0.256 e. The van der Waals surface area contributed by atoms with E-state index in [1.165, 1.54) is 4.90 Å². The molecule has 0 radical (unpaired) electrons. The highest BCUT2D eigenvalue weighted by atomic mass is 32.1. The Hall–Kier alpha value is -2.40. The van der Waals surface area contributed by atoms with Crippen molar-refractivity contribution in [1.82, 2.24) is 5.32 Å². The molecule has 2 aromatic rings. The number of para-hydroxylation sites is 2. The van der Waals surface area contributed by atoms with Crippen LogP contribution in [0.15, 0.2) is 54.6 Å². The predicted octanol–water partition coefficient (Wildman–Crippen LogP) is 2.22. The molecule has 2 aromatic carbocycles. The van der Waals surface area contributed by atoms with Crippen molar-refractivity contribution in [3.05, 3.63) is 60.2 Å². The van der Waals surface area contributed by atoms with E-state index in [0.717, 1.165) is 11.3 Å². The van der Waals surface area contributed by atoms with Crippen LogP contribution in [0.2, 0.25) is 0 Å². The van der Waals surface area contributed by atoms with Gasteiger partial charge in [-0.1, -0.05) is 36.4 Å². The van der Waals surface area contributed by atoms with Gasteiger partial charge in [-0.2, -0.15) is 0 Å². The average Bonchev–Trinajstić information content (AvgIpc) is 2.77. The molecule has 1 fully saturated rings. The van der Waals surface area contributed by atoms with E-state index in [9.17, 15) is 9.90 Å². The Balaban J connectivity index is 1.83. The van der Waals surface area contributed by atoms with Gasteiger partial charge in [-0.15, -0.1) is 0 Å². The van der Waals surface area contributed by atoms with Crippen LogP contribution in [0, 0.1) is 0 Å². The summed E-state index contributed by atoms with van der Waals surface area (Å²) in [6, 6.07) is 15.9. The van der Waals surface area contributed by atoms with E-state index in [0.29, 0.717) is 11.5 Å². The molecule has 21 heavy (non-hydrogen) atoms. The maximum Gasteiger partial charge on any atom is 0.256 e. The van der Waals surface area contributed by atoms with Crippen LogP contribution in [-0.4, -0.2) is 22.2 Å². The van der Waals surface area contributed by atoms with Crippen molar-refractivity contribution in [2.24, 2.45) is 0 Å². The fourth-order valence-electron chi connectivity index (χ4n) is 2.39. The summed E-state index contributed by atoms with van der Waals surface area (Å²) in [5.41, 5.74) is 1.47. The number of rotatable bonds is 3. The maximum atomic E-state index is 12.5. The molecule has 0 aromatic heterocycles. The number of amides is 1. The normalized spacial score (nSPS) is 17.9. The van der Waals surface area contributed by atoms with Crippen LogP contribution >= 0.6 is 12.2 Å². The Morgan fingerprint density at radius 1 is 1.10 bits per heavy atom. The quantitative estimate of drug-likeness (QED) is 0.853. The molecule has 1 atom stereocenters. The molecule has 0 unspecified atom stereocenters. The van der Waals surface area contributed by atoms with E-state index < -0.39 is 6.04 Å². The topological polar surface area (TPSA) is 52.6 Å². The number of phenols is 1. The Morgan fingerprint density at radius 3 is 2.48 bits per heavy atom. The van der Waals surface area contributed by atoms with Gasteiger partial charge < -0.3 is 10.4 Å². The molecule has 0 spiro atoms. The minimum absolute atomic E-state index is 0.102.